The quantitative estimate of drug-likeness (QED) is 0.184. The smallest absolute Gasteiger partial charge is 0.261 e. The Morgan fingerprint density at radius 1 is 0.975 bits per heavy atom. The first kappa shape index (κ1) is 28.0. The number of hydrogen-bond acceptors (Lipinski definition) is 7. The van der Waals surface area contributed by atoms with Crippen molar-refractivity contribution in [1.29, 1.82) is 0 Å². The minimum absolute atomic E-state index is 0.171. The molecule has 1 unspecified atom stereocenters. The molecule has 0 amide bonds. The molecular formula is C31H36N4O4S. The number of nitrogens with one attached hydrogen (secondary N) is 2. The fourth-order valence-corrected chi connectivity index (χ4v) is 6.15. The van der Waals surface area contributed by atoms with E-state index in [1.165, 1.54) is 25.7 Å². The lowest BCUT2D eigenvalue weighted by Gasteiger charge is -2.12. The summed E-state index contributed by atoms with van der Waals surface area (Å²) in [6.07, 6.45) is 12.6. The molecule has 0 spiro atoms. The van der Waals surface area contributed by atoms with Crippen LogP contribution >= 0.6 is 0 Å². The first-order valence-corrected chi connectivity index (χ1v) is 15.4. The molecule has 8 nitrogen and oxygen atoms in total. The third-order valence-electron chi connectivity index (χ3n) is 7.44. The van der Waals surface area contributed by atoms with Gasteiger partial charge in [-0.1, -0.05) is 43.9 Å². The van der Waals surface area contributed by atoms with Crippen molar-refractivity contribution in [2.75, 3.05) is 17.8 Å². The van der Waals surface area contributed by atoms with E-state index in [1.54, 1.807) is 61.1 Å². The highest BCUT2D eigenvalue weighted by Crippen LogP contribution is 2.29. The van der Waals surface area contributed by atoms with Crippen molar-refractivity contribution >= 4 is 15.7 Å². The van der Waals surface area contributed by atoms with E-state index in [0.29, 0.717) is 24.7 Å². The summed E-state index contributed by atoms with van der Waals surface area (Å²) in [6.45, 7) is 1.11. The molecule has 0 bridgehead atoms. The van der Waals surface area contributed by atoms with Crippen LogP contribution in [0.1, 0.15) is 55.1 Å². The molecule has 1 aliphatic rings. The summed E-state index contributed by atoms with van der Waals surface area (Å²) in [4.78, 5) is 8.59. The van der Waals surface area contributed by atoms with E-state index in [9.17, 15) is 13.5 Å². The van der Waals surface area contributed by atoms with Crippen molar-refractivity contribution in [2.24, 2.45) is 5.92 Å². The van der Waals surface area contributed by atoms with E-state index in [2.05, 4.69) is 20.0 Å². The highest BCUT2D eigenvalue weighted by atomic mass is 32.2. The zero-order valence-corrected chi connectivity index (χ0v) is 23.3. The molecule has 2 aromatic heterocycles. The molecule has 0 radical (unpaired) electrons. The molecule has 3 N–H and O–H groups in total. The highest BCUT2D eigenvalue weighted by molar-refractivity contribution is 7.92. The van der Waals surface area contributed by atoms with Crippen molar-refractivity contribution in [3.05, 3.63) is 96.1 Å². The van der Waals surface area contributed by atoms with Crippen molar-refractivity contribution in [3.8, 4) is 11.5 Å². The normalized spacial score (nSPS) is 14.8. The predicted molar refractivity (Wildman–Crippen MR) is 155 cm³/mol. The van der Waals surface area contributed by atoms with Crippen LogP contribution in [0.2, 0.25) is 0 Å². The van der Waals surface area contributed by atoms with E-state index in [-0.39, 0.29) is 4.90 Å². The Morgan fingerprint density at radius 2 is 1.75 bits per heavy atom. The summed E-state index contributed by atoms with van der Waals surface area (Å²) in [6, 6.07) is 17.5. The van der Waals surface area contributed by atoms with Crippen molar-refractivity contribution in [1.82, 2.24) is 15.3 Å². The molecule has 1 aliphatic carbocycles. The Morgan fingerprint density at radius 3 is 2.48 bits per heavy atom. The monoisotopic (exact) mass is 560 g/mol. The summed E-state index contributed by atoms with van der Waals surface area (Å²) < 4.78 is 34.5. The Hall–Kier alpha value is -3.53. The zero-order valence-electron chi connectivity index (χ0n) is 22.5. The van der Waals surface area contributed by atoms with Gasteiger partial charge < -0.3 is 14.8 Å². The van der Waals surface area contributed by atoms with Gasteiger partial charge in [0.25, 0.3) is 10.0 Å². The number of aliphatic hydroxyl groups is 1. The maximum atomic E-state index is 13.0. The van der Waals surface area contributed by atoms with Crippen LogP contribution in [0.4, 0.5) is 5.69 Å². The lowest BCUT2D eigenvalue weighted by molar-refractivity contribution is 0.174. The highest BCUT2D eigenvalue weighted by Gasteiger charge is 2.17. The fraction of sp³-hybridized carbons (Fsp3) is 0.355. The van der Waals surface area contributed by atoms with Crippen molar-refractivity contribution < 1.29 is 17.9 Å². The SMILES string of the molecule is O=S(=O)(Nc1ccc(CCNCC(O)c2cccnc2)cc1)c1ccc(-c2ncc(CCC3CCCC3)o2)cc1. The summed E-state index contributed by atoms with van der Waals surface area (Å²) >= 11 is 0. The standard InChI is InChI=1S/C31H36N4O4S/c36-30(26-6-3-18-32-20-26)22-33-19-17-24-7-12-27(13-8-24)35-40(37,38)29-15-10-25(11-16-29)31-34-21-28(39-31)14-9-23-4-1-2-5-23/h3,6-8,10-13,15-16,18,20-21,23,30,33,35-36H,1-2,4-5,9,14,17,19,22H2. The van der Waals surface area contributed by atoms with E-state index < -0.39 is 16.1 Å². The second-order valence-corrected chi connectivity index (χ2v) is 12.1. The largest absolute Gasteiger partial charge is 0.441 e. The van der Waals surface area contributed by atoms with Gasteiger partial charge in [0.2, 0.25) is 5.89 Å². The number of aliphatic hydroxyl groups excluding tert-OH is 1. The number of hydrogen-bond donors (Lipinski definition) is 3. The maximum Gasteiger partial charge on any atom is 0.261 e. The Kier molecular flexibility index (Phi) is 9.26. The van der Waals surface area contributed by atoms with Gasteiger partial charge in [-0.2, -0.15) is 0 Å². The van der Waals surface area contributed by atoms with Crippen LogP contribution in [-0.4, -0.2) is 36.6 Å². The molecule has 210 valence electrons. The second-order valence-electron chi connectivity index (χ2n) is 10.4. The Balaban J connectivity index is 1.10. The van der Waals surface area contributed by atoms with Gasteiger partial charge in [0, 0.05) is 42.2 Å². The lowest BCUT2D eigenvalue weighted by Crippen LogP contribution is -2.23. The molecule has 1 saturated carbocycles. The van der Waals surface area contributed by atoms with Crippen LogP contribution in [0.25, 0.3) is 11.5 Å². The van der Waals surface area contributed by atoms with Crippen LogP contribution in [-0.2, 0) is 22.9 Å². The molecular weight excluding hydrogens is 524 g/mol. The molecule has 1 atom stereocenters. The molecule has 4 aromatic rings. The predicted octanol–water partition coefficient (Wildman–Crippen LogP) is 5.53. The molecule has 0 saturated heterocycles. The molecule has 0 aliphatic heterocycles. The van der Waals surface area contributed by atoms with E-state index in [4.69, 9.17) is 4.42 Å². The number of pyridine rings is 1. The van der Waals surface area contributed by atoms with Crippen LogP contribution < -0.4 is 10.0 Å². The lowest BCUT2D eigenvalue weighted by atomic mass is 10.0. The number of anilines is 1. The number of rotatable bonds is 13. The van der Waals surface area contributed by atoms with Crippen LogP contribution in [0.15, 0.2) is 88.6 Å². The third-order valence-corrected chi connectivity index (χ3v) is 8.84. The average Bonchev–Trinajstić information content (AvgIpc) is 3.68. The van der Waals surface area contributed by atoms with Crippen LogP contribution in [0.5, 0.6) is 0 Å². The molecule has 40 heavy (non-hydrogen) atoms. The first-order chi connectivity index (χ1) is 19.5. The van der Waals surface area contributed by atoms with Crippen molar-refractivity contribution in [2.45, 2.75) is 55.9 Å². The number of sulfonamides is 1. The average molecular weight is 561 g/mol. The molecule has 1 fully saturated rings. The first-order valence-electron chi connectivity index (χ1n) is 13.9. The Bertz CT molecular complexity index is 1450. The van der Waals surface area contributed by atoms with Gasteiger partial charge in [0.15, 0.2) is 0 Å². The number of aryl methyl sites for hydroxylation is 1. The minimum Gasteiger partial charge on any atom is -0.441 e. The Labute approximate surface area is 235 Å². The zero-order chi connectivity index (χ0) is 27.8. The van der Waals surface area contributed by atoms with Gasteiger partial charge in [-0.15, -0.1) is 0 Å². The van der Waals surface area contributed by atoms with E-state index in [1.807, 2.05) is 18.2 Å². The maximum absolute atomic E-state index is 13.0. The minimum atomic E-state index is -3.74. The van der Waals surface area contributed by atoms with Gasteiger partial charge in [-0.25, -0.2) is 13.4 Å². The topological polar surface area (TPSA) is 117 Å². The molecule has 2 heterocycles. The van der Waals surface area contributed by atoms with E-state index in [0.717, 1.165) is 47.6 Å². The van der Waals surface area contributed by atoms with Gasteiger partial charge in [-0.3, -0.25) is 9.71 Å². The number of oxazole rings is 1. The van der Waals surface area contributed by atoms with Gasteiger partial charge in [0.05, 0.1) is 17.2 Å². The van der Waals surface area contributed by atoms with Gasteiger partial charge >= 0.3 is 0 Å². The molecule has 5 rings (SSSR count). The number of benzene rings is 2. The molecule has 2 aromatic carbocycles. The summed E-state index contributed by atoms with van der Waals surface area (Å²) in [5, 5.41) is 13.4. The van der Waals surface area contributed by atoms with E-state index >= 15 is 0 Å². The summed E-state index contributed by atoms with van der Waals surface area (Å²) in [5.41, 5.74) is 3.08. The van der Waals surface area contributed by atoms with Crippen molar-refractivity contribution in [3.63, 3.8) is 0 Å². The second kappa shape index (κ2) is 13.2. The third kappa shape index (κ3) is 7.56. The number of aromatic nitrogens is 2. The van der Waals surface area contributed by atoms with Crippen LogP contribution in [0, 0.1) is 5.92 Å². The number of nitrogens with zero attached hydrogens (tertiary/aromatic N) is 2. The van der Waals surface area contributed by atoms with Gasteiger partial charge in [0.1, 0.15) is 5.76 Å². The van der Waals surface area contributed by atoms with Crippen LogP contribution in [0.3, 0.4) is 0 Å². The summed E-state index contributed by atoms with van der Waals surface area (Å²) in [7, 11) is -3.74. The summed E-state index contributed by atoms with van der Waals surface area (Å²) in [5.74, 6) is 2.18. The fourth-order valence-electron chi connectivity index (χ4n) is 5.09. The molecule has 9 heteroatoms. The van der Waals surface area contributed by atoms with Gasteiger partial charge in [-0.05, 0) is 73.3 Å².